The molecule has 3 saturated heterocycles. The van der Waals surface area contributed by atoms with E-state index in [1.165, 1.54) is 0 Å². The van der Waals surface area contributed by atoms with Crippen LogP contribution in [0.4, 0.5) is 5.69 Å². The molecule has 3 amide bonds. The number of aliphatic hydroxyl groups is 1. The molecule has 6 atom stereocenters. The smallest absolute Gasteiger partial charge is 0.246 e. The van der Waals surface area contributed by atoms with Crippen molar-refractivity contribution in [3.8, 4) is 5.75 Å². The first-order chi connectivity index (χ1) is 19.5. The molecular formula is C33H51N3O6. The van der Waals surface area contributed by atoms with E-state index >= 15 is 0 Å². The number of nitrogens with zero attached hydrogens (tertiary/aromatic N) is 1. The number of anilines is 1. The monoisotopic (exact) mass is 585 g/mol. The van der Waals surface area contributed by atoms with Crippen molar-refractivity contribution in [1.29, 1.82) is 0 Å². The van der Waals surface area contributed by atoms with E-state index in [1.54, 1.807) is 29.2 Å². The number of nitrogens with one attached hydrogen (secondary N) is 2. The lowest BCUT2D eigenvalue weighted by Crippen LogP contribution is -2.62. The Morgan fingerprint density at radius 3 is 2.26 bits per heavy atom. The molecule has 3 aliphatic rings. The number of hydrogen-bond donors (Lipinski definition) is 3. The van der Waals surface area contributed by atoms with Gasteiger partial charge in [0.15, 0.2) is 0 Å². The number of ether oxygens (including phenoxy) is 2. The summed E-state index contributed by atoms with van der Waals surface area (Å²) in [5.74, 6) is -1.89. The summed E-state index contributed by atoms with van der Waals surface area (Å²) in [7, 11) is 0. The second kappa shape index (κ2) is 11.5. The Labute approximate surface area is 251 Å². The lowest BCUT2D eigenvalue weighted by Gasteiger charge is -2.41. The van der Waals surface area contributed by atoms with Crippen molar-refractivity contribution < 1.29 is 29.0 Å². The molecule has 0 aromatic heterocycles. The SMILES string of the molecule is CCOc1ccc(NC(=O)[C@@H]2[C@H]3C(=O)N([C@@H](CO)C(C)C)C(C(=O)NC(C)(C)CC(C)(C)C)C34CC[C@@]2(CC)O4)cc1. The van der Waals surface area contributed by atoms with Gasteiger partial charge in [0.1, 0.15) is 17.4 Å². The fraction of sp³-hybridized carbons (Fsp3) is 0.727. The highest BCUT2D eigenvalue weighted by atomic mass is 16.5. The van der Waals surface area contributed by atoms with Gasteiger partial charge in [0.05, 0.1) is 36.7 Å². The Kier molecular flexibility index (Phi) is 8.80. The topological polar surface area (TPSA) is 117 Å². The summed E-state index contributed by atoms with van der Waals surface area (Å²) < 4.78 is 12.4. The van der Waals surface area contributed by atoms with Crippen LogP contribution in [0.5, 0.6) is 5.75 Å². The largest absolute Gasteiger partial charge is 0.494 e. The van der Waals surface area contributed by atoms with Gasteiger partial charge in [-0.15, -0.1) is 0 Å². The first-order valence-electron chi connectivity index (χ1n) is 15.5. The zero-order chi connectivity index (χ0) is 31.3. The standard InChI is InChI=1S/C33H51N3O6/c1-10-32-16-17-33(42-32)25(24(32)27(38)34-21-12-14-22(15-13-21)41-11-2)29(40)36(23(18-37)20(3)4)26(33)28(39)35-31(8,9)19-30(5,6)7/h12-15,20,23-26,37H,10-11,16-19H2,1-9H3,(H,34,38)(H,35,39)/t23-,24-,25-,26?,32+,33?/m0/s1. The zero-order valence-corrected chi connectivity index (χ0v) is 26.9. The van der Waals surface area contributed by atoms with Crippen LogP contribution in [0.2, 0.25) is 0 Å². The van der Waals surface area contributed by atoms with Gasteiger partial charge in [-0.2, -0.15) is 0 Å². The van der Waals surface area contributed by atoms with E-state index in [2.05, 4.69) is 31.4 Å². The van der Waals surface area contributed by atoms with E-state index in [0.717, 1.165) is 6.42 Å². The van der Waals surface area contributed by atoms with E-state index < -0.39 is 40.7 Å². The summed E-state index contributed by atoms with van der Waals surface area (Å²) in [5.41, 5.74) is -1.99. The second-order valence-corrected chi connectivity index (χ2v) is 14.6. The maximum Gasteiger partial charge on any atom is 0.246 e. The number of hydrogen-bond acceptors (Lipinski definition) is 6. The molecule has 3 aliphatic heterocycles. The van der Waals surface area contributed by atoms with Gasteiger partial charge in [-0.05, 0) is 82.1 Å². The number of rotatable bonds is 11. The third-order valence-corrected chi connectivity index (χ3v) is 9.33. The van der Waals surface area contributed by atoms with Crippen LogP contribution in [0.15, 0.2) is 24.3 Å². The van der Waals surface area contributed by atoms with Crippen molar-refractivity contribution in [1.82, 2.24) is 10.2 Å². The molecule has 0 saturated carbocycles. The quantitative estimate of drug-likeness (QED) is 0.352. The van der Waals surface area contributed by atoms with E-state index in [0.29, 0.717) is 37.3 Å². The van der Waals surface area contributed by atoms with Crippen LogP contribution >= 0.6 is 0 Å². The van der Waals surface area contributed by atoms with E-state index in [9.17, 15) is 19.5 Å². The fourth-order valence-electron chi connectivity index (χ4n) is 8.12. The zero-order valence-electron chi connectivity index (χ0n) is 26.9. The molecule has 3 N–H and O–H groups in total. The van der Waals surface area contributed by atoms with Crippen LogP contribution in [-0.4, -0.2) is 69.8 Å². The van der Waals surface area contributed by atoms with Crippen molar-refractivity contribution in [2.45, 2.75) is 117 Å². The minimum absolute atomic E-state index is 0.0347. The molecule has 1 aromatic carbocycles. The molecule has 9 heteroatoms. The van der Waals surface area contributed by atoms with Gasteiger partial charge in [-0.3, -0.25) is 14.4 Å². The molecule has 0 aliphatic carbocycles. The van der Waals surface area contributed by atoms with E-state index in [1.807, 2.05) is 41.5 Å². The third-order valence-electron chi connectivity index (χ3n) is 9.33. The highest BCUT2D eigenvalue weighted by Crippen LogP contribution is 2.64. The van der Waals surface area contributed by atoms with Crippen molar-refractivity contribution in [2.75, 3.05) is 18.5 Å². The number of amides is 3. The van der Waals surface area contributed by atoms with Crippen LogP contribution in [0.25, 0.3) is 0 Å². The summed E-state index contributed by atoms with van der Waals surface area (Å²) in [5, 5.41) is 16.7. The summed E-state index contributed by atoms with van der Waals surface area (Å²) in [6.07, 6.45) is 2.33. The minimum atomic E-state index is -1.15. The Morgan fingerprint density at radius 1 is 1.10 bits per heavy atom. The number of fused-ring (bicyclic) bond motifs is 1. The van der Waals surface area contributed by atoms with Gasteiger partial charge in [-0.25, -0.2) is 0 Å². The maximum atomic E-state index is 14.5. The number of aliphatic hydroxyl groups excluding tert-OH is 1. The van der Waals surface area contributed by atoms with Crippen LogP contribution in [-0.2, 0) is 19.1 Å². The number of carbonyl (C=O) groups excluding carboxylic acids is 3. The average Bonchev–Trinajstić information content (AvgIpc) is 3.48. The molecule has 4 rings (SSSR count). The van der Waals surface area contributed by atoms with Gasteiger partial charge in [0.2, 0.25) is 17.7 Å². The molecule has 9 nitrogen and oxygen atoms in total. The molecule has 3 fully saturated rings. The molecule has 42 heavy (non-hydrogen) atoms. The summed E-state index contributed by atoms with van der Waals surface area (Å²) in [4.78, 5) is 44.4. The van der Waals surface area contributed by atoms with Gasteiger partial charge in [-0.1, -0.05) is 41.5 Å². The molecule has 1 aromatic rings. The molecule has 1 spiro atoms. The molecule has 234 valence electrons. The Hall–Kier alpha value is -2.65. The molecule has 2 bridgehead atoms. The van der Waals surface area contributed by atoms with Crippen LogP contribution < -0.4 is 15.4 Å². The van der Waals surface area contributed by atoms with E-state index in [4.69, 9.17) is 9.47 Å². The lowest BCUT2D eigenvalue weighted by atomic mass is 9.65. The van der Waals surface area contributed by atoms with Crippen molar-refractivity contribution in [2.24, 2.45) is 23.2 Å². The minimum Gasteiger partial charge on any atom is -0.494 e. The van der Waals surface area contributed by atoms with Crippen LogP contribution in [0.3, 0.4) is 0 Å². The maximum absolute atomic E-state index is 14.5. The van der Waals surface area contributed by atoms with Gasteiger partial charge in [0, 0.05) is 11.2 Å². The van der Waals surface area contributed by atoms with Crippen LogP contribution in [0.1, 0.15) is 88.0 Å². The molecule has 2 unspecified atom stereocenters. The summed E-state index contributed by atoms with van der Waals surface area (Å²) in [6.45, 7) is 18.4. The summed E-state index contributed by atoms with van der Waals surface area (Å²) >= 11 is 0. The number of likely N-dealkylation sites (tertiary alicyclic amines) is 1. The van der Waals surface area contributed by atoms with Crippen molar-refractivity contribution >= 4 is 23.4 Å². The third kappa shape index (κ3) is 5.66. The molecule has 0 radical (unpaired) electrons. The Morgan fingerprint density at radius 2 is 1.74 bits per heavy atom. The number of carbonyl (C=O) groups is 3. The van der Waals surface area contributed by atoms with E-state index in [-0.39, 0.29) is 35.7 Å². The normalized spacial score (nSPS) is 29.5. The second-order valence-electron chi connectivity index (χ2n) is 14.6. The van der Waals surface area contributed by atoms with Crippen molar-refractivity contribution in [3.05, 3.63) is 24.3 Å². The first-order valence-corrected chi connectivity index (χ1v) is 15.5. The Bertz CT molecular complexity index is 1180. The van der Waals surface area contributed by atoms with Gasteiger partial charge < -0.3 is 30.1 Å². The highest BCUT2D eigenvalue weighted by Gasteiger charge is 2.79. The fourth-order valence-corrected chi connectivity index (χ4v) is 8.12. The van der Waals surface area contributed by atoms with Gasteiger partial charge >= 0.3 is 0 Å². The predicted molar refractivity (Wildman–Crippen MR) is 162 cm³/mol. The Balaban J connectivity index is 1.74. The average molecular weight is 586 g/mol. The van der Waals surface area contributed by atoms with Gasteiger partial charge in [0.25, 0.3) is 0 Å². The first kappa shape index (κ1) is 32.3. The summed E-state index contributed by atoms with van der Waals surface area (Å²) in [6, 6.07) is 5.61. The molecular weight excluding hydrogens is 534 g/mol. The predicted octanol–water partition coefficient (Wildman–Crippen LogP) is 4.53. The number of benzene rings is 1. The van der Waals surface area contributed by atoms with Crippen LogP contribution in [0, 0.1) is 23.2 Å². The van der Waals surface area contributed by atoms with Crippen molar-refractivity contribution in [3.63, 3.8) is 0 Å². The highest BCUT2D eigenvalue weighted by molar-refractivity contribution is 6.02. The molecule has 3 heterocycles. The lowest BCUT2D eigenvalue weighted by molar-refractivity contribution is -0.152.